The van der Waals surface area contributed by atoms with Gasteiger partial charge in [-0.15, -0.1) is 0 Å². The number of benzene rings is 2. The Kier molecular flexibility index (Phi) is 4.46. The normalized spacial score (nSPS) is 12.7. The highest BCUT2D eigenvalue weighted by Gasteiger charge is 2.18. The van der Waals surface area contributed by atoms with E-state index in [4.69, 9.17) is 11.6 Å². The average Bonchev–Trinajstić information content (AvgIpc) is 2.89. The number of aromatic nitrogens is 2. The third-order valence-electron chi connectivity index (χ3n) is 3.83. The molecule has 3 aromatic rings. The lowest BCUT2D eigenvalue weighted by molar-refractivity contribution is 0.153. The molecule has 0 amide bonds. The highest BCUT2D eigenvalue weighted by atomic mass is 35.5. The molecule has 0 bridgehead atoms. The molecule has 0 spiro atoms. The average molecular weight is 315 g/mol. The molecule has 114 valence electrons. The van der Waals surface area contributed by atoms with Crippen LogP contribution in [0.4, 0.5) is 0 Å². The second-order valence-electron chi connectivity index (χ2n) is 5.44. The lowest BCUT2D eigenvalue weighted by Crippen LogP contribution is -2.10. The third kappa shape index (κ3) is 2.87. The van der Waals surface area contributed by atoms with E-state index in [0.29, 0.717) is 18.8 Å². The third-order valence-corrected chi connectivity index (χ3v) is 4.20. The van der Waals surface area contributed by atoms with Crippen molar-refractivity contribution >= 4 is 22.6 Å². The van der Waals surface area contributed by atoms with Crippen molar-refractivity contribution in [1.29, 1.82) is 0 Å². The van der Waals surface area contributed by atoms with Gasteiger partial charge in [0.25, 0.3) is 0 Å². The molecular formula is C18H19ClN2O. The summed E-state index contributed by atoms with van der Waals surface area (Å²) in [6.45, 7) is 2.67. The van der Waals surface area contributed by atoms with Crippen LogP contribution < -0.4 is 0 Å². The molecule has 1 atom stereocenters. The van der Waals surface area contributed by atoms with E-state index in [1.54, 1.807) is 0 Å². The van der Waals surface area contributed by atoms with Crippen LogP contribution in [0.2, 0.25) is 5.02 Å². The lowest BCUT2D eigenvalue weighted by atomic mass is 10.2. The van der Waals surface area contributed by atoms with Crippen LogP contribution in [0.1, 0.15) is 37.3 Å². The first-order valence-corrected chi connectivity index (χ1v) is 7.95. The largest absolute Gasteiger partial charge is 0.385 e. The van der Waals surface area contributed by atoms with Crippen molar-refractivity contribution in [2.45, 2.75) is 32.4 Å². The predicted octanol–water partition coefficient (Wildman–Crippen LogP) is 4.57. The second kappa shape index (κ2) is 6.51. The van der Waals surface area contributed by atoms with Gasteiger partial charge in [0.15, 0.2) is 0 Å². The first kappa shape index (κ1) is 15.1. The Labute approximate surface area is 135 Å². The SMILES string of the molecule is CCCC(O)c1nc2ccccc2n1Cc1ccccc1Cl. The van der Waals surface area contributed by atoms with E-state index in [9.17, 15) is 5.11 Å². The summed E-state index contributed by atoms with van der Waals surface area (Å²) < 4.78 is 2.07. The summed E-state index contributed by atoms with van der Waals surface area (Å²) in [5.74, 6) is 0.711. The molecule has 1 aromatic heterocycles. The smallest absolute Gasteiger partial charge is 0.139 e. The predicted molar refractivity (Wildman–Crippen MR) is 90.2 cm³/mol. The number of imidazole rings is 1. The minimum absolute atomic E-state index is 0.556. The Hall–Kier alpha value is -1.84. The van der Waals surface area contributed by atoms with Crippen LogP contribution in [0.5, 0.6) is 0 Å². The first-order chi connectivity index (χ1) is 10.7. The summed E-state index contributed by atoms with van der Waals surface area (Å²) in [5.41, 5.74) is 2.95. The van der Waals surface area contributed by atoms with Gasteiger partial charge in [0.1, 0.15) is 11.9 Å². The van der Waals surface area contributed by atoms with E-state index >= 15 is 0 Å². The van der Waals surface area contributed by atoms with Gasteiger partial charge < -0.3 is 9.67 Å². The summed E-state index contributed by atoms with van der Waals surface area (Å²) in [4.78, 5) is 4.63. The lowest BCUT2D eigenvalue weighted by Gasteiger charge is -2.14. The van der Waals surface area contributed by atoms with Crippen LogP contribution in [0, 0.1) is 0 Å². The number of halogens is 1. The second-order valence-corrected chi connectivity index (χ2v) is 5.85. The molecule has 3 nitrogen and oxygen atoms in total. The number of hydrogen-bond acceptors (Lipinski definition) is 2. The van der Waals surface area contributed by atoms with Gasteiger partial charge in [-0.2, -0.15) is 0 Å². The van der Waals surface area contributed by atoms with Gasteiger partial charge in [0, 0.05) is 5.02 Å². The van der Waals surface area contributed by atoms with Gasteiger partial charge in [0.2, 0.25) is 0 Å². The van der Waals surface area contributed by atoms with Crippen molar-refractivity contribution in [1.82, 2.24) is 9.55 Å². The van der Waals surface area contributed by atoms with E-state index in [1.807, 2.05) is 48.5 Å². The summed E-state index contributed by atoms with van der Waals surface area (Å²) in [6.07, 6.45) is 1.06. The fraction of sp³-hybridized carbons (Fsp3) is 0.278. The molecule has 2 aromatic carbocycles. The van der Waals surface area contributed by atoms with Crippen molar-refractivity contribution in [2.75, 3.05) is 0 Å². The maximum Gasteiger partial charge on any atom is 0.139 e. The molecule has 1 heterocycles. The molecule has 22 heavy (non-hydrogen) atoms. The molecule has 1 N–H and O–H groups in total. The number of para-hydroxylation sites is 2. The summed E-state index contributed by atoms with van der Waals surface area (Å²) >= 11 is 6.29. The van der Waals surface area contributed by atoms with Gasteiger partial charge in [-0.3, -0.25) is 0 Å². The number of aliphatic hydroxyl groups is 1. The zero-order valence-electron chi connectivity index (χ0n) is 12.5. The molecule has 0 aliphatic heterocycles. The Bertz CT molecular complexity index is 782. The van der Waals surface area contributed by atoms with Gasteiger partial charge in [-0.1, -0.05) is 55.3 Å². The topological polar surface area (TPSA) is 38.1 Å². The molecule has 0 saturated carbocycles. The Balaban J connectivity index is 2.09. The van der Waals surface area contributed by atoms with E-state index in [0.717, 1.165) is 28.0 Å². The molecule has 0 radical (unpaired) electrons. The van der Waals surface area contributed by atoms with E-state index < -0.39 is 6.10 Å². The highest BCUT2D eigenvalue weighted by molar-refractivity contribution is 6.31. The van der Waals surface area contributed by atoms with Crippen molar-refractivity contribution in [3.63, 3.8) is 0 Å². The number of hydrogen-bond donors (Lipinski definition) is 1. The van der Waals surface area contributed by atoms with Crippen LogP contribution in [0.15, 0.2) is 48.5 Å². The number of nitrogens with zero attached hydrogens (tertiary/aromatic N) is 2. The van der Waals surface area contributed by atoms with Crippen LogP contribution >= 0.6 is 11.6 Å². The first-order valence-electron chi connectivity index (χ1n) is 7.57. The molecular weight excluding hydrogens is 296 g/mol. The van der Waals surface area contributed by atoms with E-state index in [-0.39, 0.29) is 0 Å². The maximum atomic E-state index is 10.4. The van der Waals surface area contributed by atoms with Crippen molar-refractivity contribution < 1.29 is 5.11 Å². The fourth-order valence-electron chi connectivity index (χ4n) is 2.71. The maximum absolute atomic E-state index is 10.4. The Morgan fingerprint density at radius 2 is 1.86 bits per heavy atom. The van der Waals surface area contributed by atoms with E-state index in [1.165, 1.54) is 0 Å². The molecule has 0 aliphatic carbocycles. The van der Waals surface area contributed by atoms with Crippen LogP contribution in [0.25, 0.3) is 11.0 Å². The van der Waals surface area contributed by atoms with Gasteiger partial charge in [0.05, 0.1) is 17.6 Å². The van der Waals surface area contributed by atoms with Crippen LogP contribution in [-0.2, 0) is 6.54 Å². The number of aliphatic hydroxyl groups excluding tert-OH is 1. The molecule has 1 unspecified atom stereocenters. The van der Waals surface area contributed by atoms with Crippen molar-refractivity contribution in [3.05, 3.63) is 64.9 Å². The zero-order valence-corrected chi connectivity index (χ0v) is 13.3. The van der Waals surface area contributed by atoms with Gasteiger partial charge in [-0.25, -0.2) is 4.98 Å². The van der Waals surface area contributed by atoms with Gasteiger partial charge in [-0.05, 0) is 30.2 Å². The van der Waals surface area contributed by atoms with Gasteiger partial charge >= 0.3 is 0 Å². The zero-order chi connectivity index (χ0) is 15.5. The monoisotopic (exact) mass is 314 g/mol. The molecule has 3 rings (SSSR count). The molecule has 0 saturated heterocycles. The van der Waals surface area contributed by atoms with Crippen molar-refractivity contribution in [3.8, 4) is 0 Å². The highest BCUT2D eigenvalue weighted by Crippen LogP contribution is 2.26. The number of fused-ring (bicyclic) bond motifs is 1. The summed E-state index contributed by atoms with van der Waals surface area (Å²) in [5, 5.41) is 11.2. The quantitative estimate of drug-likeness (QED) is 0.749. The van der Waals surface area contributed by atoms with Crippen LogP contribution in [0.3, 0.4) is 0 Å². The van der Waals surface area contributed by atoms with Crippen LogP contribution in [-0.4, -0.2) is 14.7 Å². The molecule has 0 aliphatic rings. The Morgan fingerprint density at radius 3 is 2.64 bits per heavy atom. The molecule has 4 heteroatoms. The fourth-order valence-corrected chi connectivity index (χ4v) is 2.91. The standard InChI is InChI=1S/C18H19ClN2O/c1-2-7-17(22)18-20-15-10-5-6-11-16(15)21(18)12-13-8-3-4-9-14(13)19/h3-6,8-11,17,22H,2,7,12H2,1H3. The Morgan fingerprint density at radius 1 is 1.14 bits per heavy atom. The molecule has 0 fully saturated rings. The van der Waals surface area contributed by atoms with Crippen molar-refractivity contribution in [2.24, 2.45) is 0 Å². The van der Waals surface area contributed by atoms with E-state index in [2.05, 4.69) is 16.5 Å². The number of rotatable bonds is 5. The summed E-state index contributed by atoms with van der Waals surface area (Å²) in [6, 6.07) is 15.7. The summed E-state index contributed by atoms with van der Waals surface area (Å²) in [7, 11) is 0. The minimum atomic E-state index is -0.556. The minimum Gasteiger partial charge on any atom is -0.385 e.